The highest BCUT2D eigenvalue weighted by Crippen LogP contribution is 2.29. The van der Waals surface area contributed by atoms with Gasteiger partial charge in [0.05, 0.1) is 16.1 Å². The number of rotatable bonds is 2. The van der Waals surface area contributed by atoms with Gasteiger partial charge in [-0.3, -0.25) is 0 Å². The maximum atomic E-state index is 12.5. The lowest BCUT2D eigenvalue weighted by molar-refractivity contribution is 0.00716. The smallest absolute Gasteiger partial charge is 0.340 e. The van der Waals surface area contributed by atoms with E-state index in [1.165, 1.54) is 0 Å². The lowest BCUT2D eigenvalue weighted by atomic mass is 10.1. The second-order valence-corrected chi connectivity index (χ2v) is 7.31. The average Bonchev–Trinajstić information content (AvgIpc) is 2.54. The Morgan fingerprint density at radius 2 is 1.92 bits per heavy atom. The molecule has 0 spiro atoms. The maximum Gasteiger partial charge on any atom is 0.340 e. The highest BCUT2D eigenvalue weighted by Gasteiger charge is 2.22. The molecule has 6 heteroatoms. The number of fused-ring (bicyclic) bond motifs is 1. The summed E-state index contributed by atoms with van der Waals surface area (Å²) in [5.41, 5.74) is 0.480. The van der Waals surface area contributed by atoms with Crippen LogP contribution in [0.3, 0.4) is 0 Å². The van der Waals surface area contributed by atoms with E-state index in [9.17, 15) is 4.79 Å². The molecule has 2 aromatic rings. The summed E-state index contributed by atoms with van der Waals surface area (Å²) in [5.74, 6) is 0.477. The van der Waals surface area contributed by atoms with Gasteiger partial charge in [-0.1, -0.05) is 11.6 Å². The van der Waals surface area contributed by atoms with Crippen LogP contribution in [-0.2, 0) is 4.74 Å². The summed E-state index contributed by atoms with van der Waals surface area (Å²) in [6.07, 6.45) is 0. The second-order valence-electron chi connectivity index (χ2n) is 6.90. The molecule has 0 atom stereocenters. The number of aromatic nitrogens is 1. The fourth-order valence-electron chi connectivity index (χ4n) is 2.74. The number of hydrogen-bond acceptors (Lipinski definition) is 5. The third kappa shape index (κ3) is 3.62. The minimum atomic E-state index is -0.556. The molecule has 24 heavy (non-hydrogen) atoms. The minimum Gasteiger partial charge on any atom is -0.456 e. The number of nitrogens with zero attached hydrogens (tertiary/aromatic N) is 2. The predicted molar refractivity (Wildman–Crippen MR) is 97.0 cm³/mol. The van der Waals surface area contributed by atoms with Crippen LogP contribution in [0, 0.1) is 0 Å². The number of hydrogen-bond donors (Lipinski definition) is 1. The molecule has 0 amide bonds. The van der Waals surface area contributed by atoms with Crippen molar-refractivity contribution in [2.75, 3.05) is 31.1 Å². The summed E-state index contributed by atoms with van der Waals surface area (Å²) in [6.45, 7) is 9.18. The van der Waals surface area contributed by atoms with Crippen molar-refractivity contribution in [2.45, 2.75) is 26.4 Å². The van der Waals surface area contributed by atoms with Crippen molar-refractivity contribution < 1.29 is 9.53 Å². The number of pyridine rings is 1. The molecular formula is C18H22ClN3O2. The summed E-state index contributed by atoms with van der Waals surface area (Å²) in [4.78, 5) is 19.5. The van der Waals surface area contributed by atoms with Crippen molar-refractivity contribution in [2.24, 2.45) is 0 Å². The molecule has 0 saturated carbocycles. The Labute approximate surface area is 146 Å². The topological polar surface area (TPSA) is 54.5 Å². The first-order chi connectivity index (χ1) is 11.3. The van der Waals surface area contributed by atoms with Crippen molar-refractivity contribution in [1.82, 2.24) is 10.3 Å². The molecule has 1 fully saturated rings. The zero-order chi connectivity index (χ0) is 17.3. The first-order valence-corrected chi connectivity index (χ1v) is 8.51. The van der Waals surface area contributed by atoms with Gasteiger partial charge in [0.1, 0.15) is 11.4 Å². The maximum absolute atomic E-state index is 12.5. The van der Waals surface area contributed by atoms with Crippen LogP contribution in [0.15, 0.2) is 24.3 Å². The molecule has 3 rings (SSSR count). The fraction of sp³-hybridized carbons (Fsp3) is 0.444. The molecular weight excluding hydrogens is 326 g/mol. The normalized spacial score (nSPS) is 15.6. The van der Waals surface area contributed by atoms with Gasteiger partial charge in [-0.25, -0.2) is 9.78 Å². The van der Waals surface area contributed by atoms with Crippen molar-refractivity contribution in [1.29, 1.82) is 0 Å². The molecule has 0 bridgehead atoms. The van der Waals surface area contributed by atoms with Crippen molar-refractivity contribution in [3.05, 3.63) is 34.9 Å². The molecule has 1 saturated heterocycles. The lowest BCUT2D eigenvalue weighted by Gasteiger charge is -2.28. The summed E-state index contributed by atoms with van der Waals surface area (Å²) in [6, 6.07) is 7.29. The molecule has 0 aliphatic carbocycles. The van der Waals surface area contributed by atoms with Crippen molar-refractivity contribution in [3.8, 4) is 0 Å². The zero-order valence-electron chi connectivity index (χ0n) is 14.2. The lowest BCUT2D eigenvalue weighted by Crippen LogP contribution is -2.43. The van der Waals surface area contributed by atoms with E-state index in [0.29, 0.717) is 16.1 Å². The monoisotopic (exact) mass is 347 g/mol. The number of ether oxygens (including phenoxy) is 1. The van der Waals surface area contributed by atoms with Gasteiger partial charge >= 0.3 is 5.97 Å². The molecule has 1 aromatic heterocycles. The number of anilines is 1. The van der Waals surface area contributed by atoms with Crippen LogP contribution in [-0.4, -0.2) is 42.7 Å². The number of piperazine rings is 1. The van der Waals surface area contributed by atoms with E-state index < -0.39 is 5.60 Å². The Morgan fingerprint density at radius 3 is 2.58 bits per heavy atom. The standard InChI is InChI=1S/C18H22ClN3O2/c1-18(2,3)24-17(23)13-4-6-14(19)12-5-7-15(21-16(12)13)22-10-8-20-9-11-22/h4-7,20H,8-11H2,1-3H3. The van der Waals surface area contributed by atoms with Crippen LogP contribution in [0.4, 0.5) is 5.82 Å². The van der Waals surface area contributed by atoms with Crippen molar-refractivity contribution in [3.63, 3.8) is 0 Å². The quantitative estimate of drug-likeness (QED) is 0.845. The Morgan fingerprint density at radius 1 is 1.21 bits per heavy atom. The Kier molecular flexibility index (Phi) is 4.65. The third-order valence-corrected chi connectivity index (χ3v) is 4.18. The molecule has 1 aromatic carbocycles. The van der Waals surface area contributed by atoms with E-state index in [1.54, 1.807) is 12.1 Å². The molecule has 1 N–H and O–H groups in total. The summed E-state index contributed by atoms with van der Waals surface area (Å²) in [7, 11) is 0. The van der Waals surface area contributed by atoms with Gasteiger partial charge in [-0.2, -0.15) is 0 Å². The molecule has 128 valence electrons. The molecule has 0 radical (unpaired) electrons. The summed E-state index contributed by atoms with van der Waals surface area (Å²) in [5, 5.41) is 4.66. The number of benzene rings is 1. The van der Waals surface area contributed by atoms with Gasteiger partial charge in [0.25, 0.3) is 0 Å². The van der Waals surface area contributed by atoms with Gasteiger partial charge in [-0.05, 0) is 45.0 Å². The van der Waals surface area contributed by atoms with Gasteiger partial charge in [-0.15, -0.1) is 0 Å². The molecule has 1 aliphatic rings. The number of carbonyl (C=O) groups is 1. The summed E-state index contributed by atoms with van der Waals surface area (Å²) >= 11 is 6.29. The number of halogens is 1. The van der Waals surface area contributed by atoms with E-state index in [4.69, 9.17) is 21.3 Å². The second kappa shape index (κ2) is 6.57. The van der Waals surface area contributed by atoms with E-state index in [2.05, 4.69) is 10.2 Å². The molecule has 2 heterocycles. The van der Waals surface area contributed by atoms with Gasteiger partial charge < -0.3 is 15.0 Å². The van der Waals surface area contributed by atoms with E-state index in [0.717, 1.165) is 37.4 Å². The largest absolute Gasteiger partial charge is 0.456 e. The average molecular weight is 348 g/mol. The van der Waals surface area contributed by atoms with Gasteiger partial charge in [0.15, 0.2) is 0 Å². The number of esters is 1. The first kappa shape index (κ1) is 17.0. The van der Waals surface area contributed by atoms with Gasteiger partial charge in [0.2, 0.25) is 0 Å². The zero-order valence-corrected chi connectivity index (χ0v) is 15.0. The Balaban J connectivity index is 2.05. The van der Waals surface area contributed by atoms with Gasteiger partial charge in [0, 0.05) is 31.6 Å². The van der Waals surface area contributed by atoms with E-state index in [-0.39, 0.29) is 5.97 Å². The van der Waals surface area contributed by atoms with Crippen LogP contribution >= 0.6 is 11.6 Å². The number of nitrogens with one attached hydrogen (secondary N) is 1. The van der Waals surface area contributed by atoms with Crippen LogP contribution in [0.2, 0.25) is 5.02 Å². The minimum absolute atomic E-state index is 0.380. The molecule has 5 nitrogen and oxygen atoms in total. The van der Waals surface area contributed by atoms with Crippen LogP contribution in [0.5, 0.6) is 0 Å². The first-order valence-electron chi connectivity index (χ1n) is 8.13. The Hall–Kier alpha value is -1.85. The number of carbonyl (C=O) groups excluding carboxylic acids is 1. The molecule has 1 aliphatic heterocycles. The summed E-state index contributed by atoms with van der Waals surface area (Å²) < 4.78 is 5.51. The van der Waals surface area contributed by atoms with Crippen LogP contribution < -0.4 is 10.2 Å². The fourth-order valence-corrected chi connectivity index (χ4v) is 2.96. The third-order valence-electron chi connectivity index (χ3n) is 3.85. The molecule has 0 unspecified atom stereocenters. The highest BCUT2D eigenvalue weighted by atomic mass is 35.5. The van der Waals surface area contributed by atoms with Crippen LogP contribution in [0.25, 0.3) is 10.9 Å². The SMILES string of the molecule is CC(C)(C)OC(=O)c1ccc(Cl)c2ccc(N3CCNCC3)nc12. The van der Waals surface area contributed by atoms with Crippen molar-refractivity contribution >= 4 is 34.3 Å². The Bertz CT molecular complexity index is 765. The predicted octanol–water partition coefficient (Wildman–Crippen LogP) is 3.25. The van der Waals surface area contributed by atoms with E-state index >= 15 is 0 Å². The van der Waals surface area contributed by atoms with E-state index in [1.807, 2.05) is 32.9 Å². The highest BCUT2D eigenvalue weighted by molar-refractivity contribution is 6.36. The van der Waals surface area contributed by atoms with Crippen LogP contribution in [0.1, 0.15) is 31.1 Å².